The lowest BCUT2D eigenvalue weighted by atomic mass is 9.98. The molecule has 9 atom stereocenters. The number of aliphatic hydroxyl groups is 7. The molecular weight excluding hydrogens is 727 g/mol. The van der Waals surface area contributed by atoms with Gasteiger partial charge in [-0.2, -0.15) is 0 Å². The minimum atomic E-state index is -1.66. The summed E-state index contributed by atoms with van der Waals surface area (Å²) in [5, 5.41) is 75.6. The molecule has 1 amide bonds. The molecule has 0 radical (unpaired) electrons. The normalized spacial score (nSPS) is 22.3. The second-order valence-electron chi connectivity index (χ2n) is 16.5. The van der Waals surface area contributed by atoms with Crippen molar-refractivity contribution in [1.82, 2.24) is 5.32 Å². The lowest BCUT2D eigenvalue weighted by molar-refractivity contribution is -0.303. The van der Waals surface area contributed by atoms with Crippen LogP contribution in [0, 0.1) is 0 Å². The van der Waals surface area contributed by atoms with Gasteiger partial charge in [0.15, 0.2) is 6.29 Å². The number of hydrogen-bond donors (Lipinski definition) is 8. The fourth-order valence-electron chi connectivity index (χ4n) is 7.35. The summed E-state index contributed by atoms with van der Waals surface area (Å²) in [5.74, 6) is -0.706. The van der Waals surface area contributed by atoms with E-state index in [9.17, 15) is 40.5 Å². The van der Waals surface area contributed by atoms with E-state index in [1.165, 1.54) is 89.9 Å². The molecule has 0 aliphatic carbocycles. The van der Waals surface area contributed by atoms with E-state index in [4.69, 9.17) is 9.47 Å². The van der Waals surface area contributed by atoms with Gasteiger partial charge < -0.3 is 50.5 Å². The smallest absolute Gasteiger partial charge is 0.249 e. The van der Waals surface area contributed by atoms with Crippen molar-refractivity contribution in [3.05, 3.63) is 24.3 Å². The third-order valence-corrected chi connectivity index (χ3v) is 11.3. The topological polar surface area (TPSA) is 189 Å². The zero-order valence-electron chi connectivity index (χ0n) is 36.1. The number of carbonyl (C=O) groups excluding carboxylic acids is 1. The Hall–Kier alpha value is -1.41. The lowest BCUT2D eigenvalue weighted by Crippen LogP contribution is -2.60. The molecule has 1 aliphatic rings. The van der Waals surface area contributed by atoms with Crippen LogP contribution in [0.5, 0.6) is 0 Å². The molecule has 1 fully saturated rings. The summed E-state index contributed by atoms with van der Waals surface area (Å²) in [5.41, 5.74) is 0. The summed E-state index contributed by atoms with van der Waals surface area (Å²) in [6.07, 6.45) is 27.9. The van der Waals surface area contributed by atoms with E-state index in [1.807, 2.05) is 0 Å². The maximum absolute atomic E-state index is 13.1. The predicted molar refractivity (Wildman–Crippen MR) is 229 cm³/mol. The van der Waals surface area contributed by atoms with Gasteiger partial charge in [0, 0.05) is 0 Å². The molecule has 0 aromatic rings. The highest BCUT2D eigenvalue weighted by Gasteiger charge is 2.44. The quantitative estimate of drug-likeness (QED) is 0.0230. The van der Waals surface area contributed by atoms with E-state index in [0.717, 1.165) is 64.2 Å². The predicted octanol–water partition coefficient (Wildman–Crippen LogP) is 7.45. The Bertz CT molecular complexity index is 981. The number of rotatable bonds is 38. The Kier molecular flexibility index (Phi) is 34.3. The molecule has 0 saturated carbocycles. The van der Waals surface area contributed by atoms with Crippen LogP contribution in [0.1, 0.15) is 194 Å². The molecule has 0 aromatic heterocycles. The average Bonchev–Trinajstić information content (AvgIpc) is 3.21. The van der Waals surface area contributed by atoms with Crippen molar-refractivity contribution in [3.8, 4) is 0 Å². The summed E-state index contributed by atoms with van der Waals surface area (Å²) in [6.45, 7) is 3.40. The van der Waals surface area contributed by atoms with Crippen molar-refractivity contribution >= 4 is 5.91 Å². The summed E-state index contributed by atoms with van der Waals surface area (Å²) in [6, 6.07) is -1.17. The van der Waals surface area contributed by atoms with Gasteiger partial charge in [0.1, 0.15) is 36.6 Å². The van der Waals surface area contributed by atoms with Crippen molar-refractivity contribution in [2.24, 2.45) is 0 Å². The third-order valence-electron chi connectivity index (χ3n) is 11.3. The maximum atomic E-state index is 13.1. The van der Waals surface area contributed by atoms with Crippen molar-refractivity contribution in [2.45, 2.75) is 249 Å². The lowest BCUT2D eigenvalue weighted by Gasteiger charge is -2.40. The van der Waals surface area contributed by atoms with E-state index in [1.54, 1.807) is 0 Å². The molecule has 1 rings (SSSR count). The molecule has 11 heteroatoms. The molecule has 0 aromatic carbocycles. The molecular formula is C46H87NO10. The van der Waals surface area contributed by atoms with Crippen LogP contribution in [0.4, 0.5) is 0 Å². The SMILES string of the molecule is CCCCC/C=C\C/C=C\CCCCCCCCC(O)C(=O)NC(COC1OC(CO)C(O)C(O)C1O)C(O)C(O)CCCCCCCCCCCCCCCC. The zero-order valence-corrected chi connectivity index (χ0v) is 36.1. The van der Waals surface area contributed by atoms with Crippen molar-refractivity contribution in [3.63, 3.8) is 0 Å². The summed E-state index contributed by atoms with van der Waals surface area (Å²) < 4.78 is 11.1. The van der Waals surface area contributed by atoms with Crippen LogP contribution in [0.25, 0.3) is 0 Å². The van der Waals surface area contributed by atoms with Gasteiger partial charge in [-0.05, 0) is 44.9 Å². The number of amides is 1. The minimum absolute atomic E-state index is 0.249. The van der Waals surface area contributed by atoms with Crippen LogP contribution < -0.4 is 5.32 Å². The van der Waals surface area contributed by atoms with Gasteiger partial charge in [0.05, 0.1) is 25.4 Å². The Morgan fingerprint density at radius 2 is 1.07 bits per heavy atom. The van der Waals surface area contributed by atoms with Gasteiger partial charge in [-0.15, -0.1) is 0 Å². The van der Waals surface area contributed by atoms with E-state index in [2.05, 4.69) is 43.5 Å². The van der Waals surface area contributed by atoms with Gasteiger partial charge in [-0.25, -0.2) is 0 Å². The second-order valence-corrected chi connectivity index (χ2v) is 16.5. The van der Waals surface area contributed by atoms with E-state index in [0.29, 0.717) is 19.3 Å². The minimum Gasteiger partial charge on any atom is -0.394 e. The Morgan fingerprint density at radius 3 is 1.60 bits per heavy atom. The molecule has 8 N–H and O–H groups in total. The van der Waals surface area contributed by atoms with Crippen LogP contribution in [-0.2, 0) is 14.3 Å². The molecule has 0 bridgehead atoms. The second kappa shape index (κ2) is 36.4. The molecule has 336 valence electrons. The van der Waals surface area contributed by atoms with Crippen LogP contribution in [0.15, 0.2) is 24.3 Å². The molecule has 1 saturated heterocycles. The van der Waals surface area contributed by atoms with Crippen LogP contribution >= 0.6 is 0 Å². The molecule has 11 nitrogen and oxygen atoms in total. The third kappa shape index (κ3) is 26.4. The number of ether oxygens (including phenoxy) is 2. The summed E-state index contributed by atoms with van der Waals surface area (Å²) in [7, 11) is 0. The molecule has 0 spiro atoms. The van der Waals surface area contributed by atoms with Gasteiger partial charge >= 0.3 is 0 Å². The number of unbranched alkanes of at least 4 members (excludes halogenated alkanes) is 22. The fraction of sp³-hybridized carbons (Fsp3) is 0.891. The fourth-order valence-corrected chi connectivity index (χ4v) is 7.35. The first-order valence-electron chi connectivity index (χ1n) is 23.2. The number of allylic oxidation sites excluding steroid dienone is 4. The summed E-state index contributed by atoms with van der Waals surface area (Å²) >= 11 is 0. The first kappa shape index (κ1) is 53.6. The standard InChI is InChI=1S/C46H87NO10/c1-3-5-7-9-11-13-15-17-19-20-22-24-26-28-30-32-34-39(50)45(55)47-37(36-56-46-44(54)43(53)42(52)40(35-48)57-46)41(51)38(49)33-31-29-27-25-23-21-18-16-14-12-10-8-6-4-2/h11,13,17,19,37-44,46,48-54H,3-10,12,14-16,18,20-36H2,1-2H3,(H,47,55)/b13-11-,19-17-. The van der Waals surface area contributed by atoms with Crippen LogP contribution in [0.2, 0.25) is 0 Å². The Balaban J connectivity index is 2.47. The highest BCUT2D eigenvalue weighted by molar-refractivity contribution is 5.80. The van der Waals surface area contributed by atoms with Crippen LogP contribution in [0.3, 0.4) is 0 Å². The maximum Gasteiger partial charge on any atom is 0.249 e. The average molecular weight is 814 g/mol. The number of nitrogens with one attached hydrogen (secondary N) is 1. The van der Waals surface area contributed by atoms with E-state index < -0.39 is 74.2 Å². The highest BCUT2D eigenvalue weighted by atomic mass is 16.7. The highest BCUT2D eigenvalue weighted by Crippen LogP contribution is 2.23. The molecule has 1 aliphatic heterocycles. The number of hydrogen-bond acceptors (Lipinski definition) is 10. The monoisotopic (exact) mass is 814 g/mol. The van der Waals surface area contributed by atoms with Gasteiger partial charge in [-0.1, -0.05) is 173 Å². The molecule has 1 heterocycles. The molecule has 9 unspecified atom stereocenters. The van der Waals surface area contributed by atoms with Gasteiger partial charge in [0.2, 0.25) is 5.91 Å². The Labute approximate surface area is 346 Å². The van der Waals surface area contributed by atoms with Crippen molar-refractivity contribution in [2.75, 3.05) is 13.2 Å². The van der Waals surface area contributed by atoms with E-state index in [-0.39, 0.29) is 6.42 Å². The van der Waals surface area contributed by atoms with Gasteiger partial charge in [-0.3, -0.25) is 4.79 Å². The van der Waals surface area contributed by atoms with Gasteiger partial charge in [0.25, 0.3) is 0 Å². The zero-order chi connectivity index (χ0) is 41.9. The largest absolute Gasteiger partial charge is 0.394 e. The van der Waals surface area contributed by atoms with Crippen molar-refractivity contribution < 1.29 is 50.0 Å². The summed E-state index contributed by atoms with van der Waals surface area (Å²) in [4.78, 5) is 13.1. The Morgan fingerprint density at radius 1 is 0.614 bits per heavy atom. The number of aliphatic hydroxyl groups excluding tert-OH is 7. The molecule has 57 heavy (non-hydrogen) atoms. The van der Waals surface area contributed by atoms with Crippen molar-refractivity contribution in [1.29, 1.82) is 0 Å². The number of carbonyl (C=O) groups is 1. The van der Waals surface area contributed by atoms with E-state index >= 15 is 0 Å². The first-order chi connectivity index (χ1) is 27.7. The van der Waals surface area contributed by atoms with Crippen LogP contribution in [-0.4, -0.2) is 110 Å². The first-order valence-corrected chi connectivity index (χ1v) is 23.2.